The van der Waals surface area contributed by atoms with Crippen molar-refractivity contribution in [3.05, 3.63) is 112 Å². The molecule has 1 saturated heterocycles. The molecule has 0 spiro atoms. The fourth-order valence-corrected chi connectivity index (χ4v) is 5.50. The van der Waals surface area contributed by atoms with Gasteiger partial charge in [0, 0.05) is 27.8 Å². The van der Waals surface area contributed by atoms with Crippen LogP contribution in [0.25, 0.3) is 0 Å². The van der Waals surface area contributed by atoms with Gasteiger partial charge in [-0.15, -0.1) is 11.3 Å². The van der Waals surface area contributed by atoms with Crippen molar-refractivity contribution in [3.8, 4) is 17.2 Å². The number of benzene rings is 3. The summed E-state index contributed by atoms with van der Waals surface area (Å²) in [7, 11) is 0. The van der Waals surface area contributed by atoms with Gasteiger partial charge in [-0.05, 0) is 66.7 Å². The second-order valence-electron chi connectivity index (χ2n) is 10.0. The Labute approximate surface area is 257 Å². The number of ether oxygens (including phenoxy) is 2. The summed E-state index contributed by atoms with van der Waals surface area (Å²) in [6.07, 6.45) is -0.325. The van der Waals surface area contributed by atoms with Gasteiger partial charge in [-0.3, -0.25) is 19.8 Å². The summed E-state index contributed by atoms with van der Waals surface area (Å²) in [6, 6.07) is 22.1. The highest BCUT2D eigenvalue weighted by Gasteiger charge is 2.40. The minimum Gasteiger partial charge on any atom is -0.488 e. The third-order valence-corrected chi connectivity index (χ3v) is 7.84. The molecule has 5 N–H and O–H groups in total. The molecule has 1 unspecified atom stereocenters. The molecule has 0 radical (unpaired) electrons. The highest BCUT2D eigenvalue weighted by molar-refractivity contribution is 7.10. The van der Waals surface area contributed by atoms with Gasteiger partial charge in [0.15, 0.2) is 0 Å². The summed E-state index contributed by atoms with van der Waals surface area (Å²) in [6.45, 7) is -0.0380. The topological polar surface area (TPSA) is 147 Å². The monoisotopic (exact) mass is 615 g/mol. The van der Waals surface area contributed by atoms with E-state index in [0.717, 1.165) is 4.88 Å². The lowest BCUT2D eigenvalue weighted by Crippen LogP contribution is -2.48. The molecule has 1 aliphatic heterocycles. The number of para-hydroxylation sites is 1. The number of amidine groups is 1. The Hall–Kier alpha value is -5.23. The van der Waals surface area contributed by atoms with Crippen molar-refractivity contribution in [3.63, 3.8) is 0 Å². The van der Waals surface area contributed by atoms with Gasteiger partial charge in [-0.2, -0.15) is 0 Å². The largest absolute Gasteiger partial charge is 0.488 e. The average Bonchev–Trinajstić information content (AvgIpc) is 3.69. The molecule has 0 aliphatic carbocycles. The van der Waals surface area contributed by atoms with Crippen LogP contribution < -0.4 is 25.8 Å². The SMILES string of the molecule is N=C(N)c1csc(CNC(=O)C2C[C@H](Oc3ccc(F)cc3)CN2C(=O)CNC(=O)c2ccc(Oc3ccccc3)cc2)c1. The van der Waals surface area contributed by atoms with E-state index in [0.29, 0.717) is 28.4 Å². The first-order valence-corrected chi connectivity index (χ1v) is 14.7. The van der Waals surface area contributed by atoms with E-state index in [1.165, 1.54) is 40.5 Å². The van der Waals surface area contributed by atoms with Crippen molar-refractivity contribution in [1.29, 1.82) is 5.41 Å². The number of amides is 3. The molecule has 1 aliphatic rings. The van der Waals surface area contributed by atoms with E-state index in [2.05, 4.69) is 10.6 Å². The van der Waals surface area contributed by atoms with Crippen molar-refractivity contribution in [2.45, 2.75) is 25.1 Å². The Morgan fingerprint density at radius 1 is 0.932 bits per heavy atom. The van der Waals surface area contributed by atoms with E-state index < -0.39 is 29.8 Å². The Morgan fingerprint density at radius 2 is 1.61 bits per heavy atom. The average molecular weight is 616 g/mol. The van der Waals surface area contributed by atoms with Crippen LogP contribution in [0.1, 0.15) is 27.2 Å². The number of halogens is 1. The first kappa shape index (κ1) is 30.2. The van der Waals surface area contributed by atoms with Crippen molar-refractivity contribution in [1.82, 2.24) is 15.5 Å². The molecule has 3 aromatic carbocycles. The number of rotatable bonds is 11. The number of hydrogen-bond acceptors (Lipinski definition) is 7. The van der Waals surface area contributed by atoms with Crippen LogP contribution in [-0.4, -0.2) is 53.7 Å². The fraction of sp³-hybridized carbons (Fsp3) is 0.188. The van der Waals surface area contributed by atoms with Gasteiger partial charge >= 0.3 is 0 Å². The maximum Gasteiger partial charge on any atom is 0.251 e. The van der Waals surface area contributed by atoms with E-state index in [-0.39, 0.29) is 37.8 Å². The lowest BCUT2D eigenvalue weighted by molar-refractivity contribution is -0.137. The van der Waals surface area contributed by atoms with Crippen LogP contribution in [0, 0.1) is 11.2 Å². The number of carbonyl (C=O) groups excluding carboxylic acids is 3. The standard InChI is InChI=1S/C32H30FN5O5S/c33-22-8-12-25(13-9-22)43-26-15-28(32(41)36-16-27-14-21(19-44-27)30(34)35)38(18-26)29(39)17-37-31(40)20-6-10-24(11-7-20)42-23-4-2-1-3-5-23/h1-14,19,26,28H,15-18H2,(H3,34,35)(H,36,41)(H,37,40)/t26-,28?/m0/s1. The molecule has 0 bridgehead atoms. The summed E-state index contributed by atoms with van der Waals surface area (Å²) in [5, 5.41) is 14.8. The molecule has 12 heteroatoms. The zero-order chi connectivity index (χ0) is 31.1. The molecule has 0 saturated carbocycles. The third-order valence-electron chi connectivity index (χ3n) is 6.90. The smallest absolute Gasteiger partial charge is 0.251 e. The molecule has 226 valence electrons. The Bertz CT molecular complexity index is 1630. The van der Waals surface area contributed by atoms with Gasteiger partial charge in [-0.25, -0.2) is 4.39 Å². The molecule has 2 atom stereocenters. The number of thiophene rings is 1. The number of nitrogens with two attached hydrogens (primary N) is 1. The van der Waals surface area contributed by atoms with Gasteiger partial charge in [-0.1, -0.05) is 18.2 Å². The Balaban J connectivity index is 1.21. The maximum absolute atomic E-state index is 13.4. The number of hydrogen-bond donors (Lipinski definition) is 4. The molecule has 1 aromatic heterocycles. The van der Waals surface area contributed by atoms with Crippen molar-refractivity contribution < 1.29 is 28.2 Å². The zero-order valence-electron chi connectivity index (χ0n) is 23.5. The number of nitrogen functional groups attached to an aromatic ring is 1. The molecule has 3 amide bonds. The number of carbonyl (C=O) groups is 3. The van der Waals surface area contributed by atoms with Gasteiger partial charge < -0.3 is 30.7 Å². The second-order valence-corrected chi connectivity index (χ2v) is 11.0. The van der Waals surface area contributed by atoms with Crippen LogP contribution in [-0.2, 0) is 16.1 Å². The van der Waals surface area contributed by atoms with Crippen molar-refractivity contribution in [2.75, 3.05) is 13.1 Å². The number of nitrogens with zero attached hydrogens (tertiary/aromatic N) is 1. The molecular formula is C32H30FN5O5S. The van der Waals surface area contributed by atoms with E-state index >= 15 is 0 Å². The zero-order valence-corrected chi connectivity index (χ0v) is 24.3. The summed E-state index contributed by atoms with van der Waals surface area (Å²) in [5.74, 6) is -0.140. The Kier molecular flexibility index (Phi) is 9.50. The lowest BCUT2D eigenvalue weighted by Gasteiger charge is -2.23. The van der Waals surface area contributed by atoms with Gasteiger partial charge in [0.1, 0.15) is 41.0 Å². The van der Waals surface area contributed by atoms with Crippen LogP contribution in [0.15, 0.2) is 90.3 Å². The summed E-state index contributed by atoms with van der Waals surface area (Å²) < 4.78 is 25.1. The summed E-state index contributed by atoms with van der Waals surface area (Å²) in [4.78, 5) is 41.6. The molecule has 4 aromatic rings. The predicted molar refractivity (Wildman–Crippen MR) is 163 cm³/mol. The molecule has 5 rings (SSSR count). The Morgan fingerprint density at radius 3 is 2.30 bits per heavy atom. The summed E-state index contributed by atoms with van der Waals surface area (Å²) in [5.41, 5.74) is 6.44. The minimum absolute atomic E-state index is 0.0642. The van der Waals surface area contributed by atoms with Crippen molar-refractivity contribution >= 4 is 34.9 Å². The first-order chi connectivity index (χ1) is 21.2. The second kappa shape index (κ2) is 13.8. The van der Waals surface area contributed by atoms with Gasteiger partial charge in [0.2, 0.25) is 11.8 Å². The molecular weight excluding hydrogens is 585 g/mol. The van der Waals surface area contributed by atoms with Gasteiger partial charge in [0.05, 0.1) is 19.6 Å². The van der Waals surface area contributed by atoms with Crippen LogP contribution in [0.4, 0.5) is 4.39 Å². The lowest BCUT2D eigenvalue weighted by atomic mass is 10.1. The number of nitrogens with one attached hydrogen (secondary N) is 3. The molecule has 2 heterocycles. The van der Waals surface area contributed by atoms with Crippen molar-refractivity contribution in [2.24, 2.45) is 5.73 Å². The predicted octanol–water partition coefficient (Wildman–Crippen LogP) is 4.06. The summed E-state index contributed by atoms with van der Waals surface area (Å²) >= 11 is 1.36. The first-order valence-electron chi connectivity index (χ1n) is 13.8. The quantitative estimate of drug-likeness (QED) is 0.148. The molecule has 44 heavy (non-hydrogen) atoms. The van der Waals surface area contributed by atoms with E-state index in [4.69, 9.17) is 20.6 Å². The fourth-order valence-electron chi connectivity index (χ4n) is 4.68. The van der Waals surface area contributed by atoms with Crippen LogP contribution in [0.5, 0.6) is 17.2 Å². The van der Waals surface area contributed by atoms with E-state index in [9.17, 15) is 18.8 Å². The van der Waals surface area contributed by atoms with E-state index in [1.54, 1.807) is 35.7 Å². The molecule has 10 nitrogen and oxygen atoms in total. The van der Waals surface area contributed by atoms with Crippen LogP contribution in [0.3, 0.4) is 0 Å². The third kappa shape index (κ3) is 7.78. The minimum atomic E-state index is -0.855. The van der Waals surface area contributed by atoms with E-state index in [1.807, 2.05) is 30.3 Å². The molecule has 1 fully saturated rings. The normalized spacial score (nSPS) is 15.8. The van der Waals surface area contributed by atoms with Crippen LogP contribution >= 0.6 is 11.3 Å². The van der Waals surface area contributed by atoms with Gasteiger partial charge in [0.25, 0.3) is 5.91 Å². The highest BCUT2D eigenvalue weighted by atomic mass is 32.1. The highest BCUT2D eigenvalue weighted by Crippen LogP contribution is 2.25. The van der Waals surface area contributed by atoms with Crippen LogP contribution in [0.2, 0.25) is 0 Å². The maximum atomic E-state index is 13.4. The number of likely N-dealkylation sites (tertiary alicyclic amines) is 1.